The van der Waals surface area contributed by atoms with Crippen LogP contribution in [0.25, 0.3) is 0 Å². The zero-order valence-electron chi connectivity index (χ0n) is 26.5. The zero-order valence-corrected chi connectivity index (χ0v) is 26.5. The summed E-state index contributed by atoms with van der Waals surface area (Å²) in [6.45, 7) is 9.61. The first-order valence-corrected chi connectivity index (χ1v) is 15.6. The second kappa shape index (κ2) is 15.0. The van der Waals surface area contributed by atoms with Gasteiger partial charge in [-0.25, -0.2) is 14.5 Å². The maximum Gasteiger partial charge on any atom is 0.338 e. The smallest absolute Gasteiger partial charge is 0.338 e. The van der Waals surface area contributed by atoms with Crippen molar-refractivity contribution in [2.24, 2.45) is 5.41 Å². The van der Waals surface area contributed by atoms with Crippen molar-refractivity contribution in [3.63, 3.8) is 0 Å². The van der Waals surface area contributed by atoms with Gasteiger partial charge >= 0.3 is 12.0 Å². The predicted octanol–water partition coefficient (Wildman–Crippen LogP) is 6.89. The lowest BCUT2D eigenvalue weighted by molar-refractivity contribution is -0.191. The Morgan fingerprint density at radius 1 is 0.955 bits per heavy atom. The Labute approximate surface area is 261 Å². The van der Waals surface area contributed by atoms with E-state index in [0.717, 1.165) is 30.5 Å². The molecule has 0 bridgehead atoms. The number of aryl methyl sites for hydroxylation is 1. The predicted molar refractivity (Wildman–Crippen MR) is 171 cm³/mol. The third-order valence-electron chi connectivity index (χ3n) is 8.53. The Morgan fingerprint density at radius 2 is 1.61 bits per heavy atom. The number of hydrogen-bond donors (Lipinski definition) is 1. The van der Waals surface area contributed by atoms with Crippen molar-refractivity contribution in [2.45, 2.75) is 72.2 Å². The third kappa shape index (κ3) is 7.48. The highest BCUT2D eigenvalue weighted by atomic mass is 16.5. The Balaban J connectivity index is 1.38. The van der Waals surface area contributed by atoms with E-state index >= 15 is 0 Å². The van der Waals surface area contributed by atoms with Crippen LogP contribution >= 0.6 is 0 Å². The van der Waals surface area contributed by atoms with Gasteiger partial charge in [0.05, 0.1) is 11.6 Å². The molecule has 0 radical (unpaired) electrons. The van der Waals surface area contributed by atoms with Crippen LogP contribution in [0.1, 0.15) is 79.5 Å². The van der Waals surface area contributed by atoms with Gasteiger partial charge in [-0.3, -0.25) is 9.69 Å². The number of rotatable bonds is 14. The Bertz CT molecular complexity index is 1390. The van der Waals surface area contributed by atoms with Gasteiger partial charge in [0, 0.05) is 13.1 Å². The number of likely N-dealkylation sites (tertiary alicyclic amines) is 1. The van der Waals surface area contributed by atoms with Crippen molar-refractivity contribution in [3.05, 3.63) is 101 Å². The number of imide groups is 1. The summed E-state index contributed by atoms with van der Waals surface area (Å²) in [6.07, 6.45) is 1.94. The van der Waals surface area contributed by atoms with Gasteiger partial charge < -0.3 is 14.8 Å². The molecule has 1 N–H and O–H groups in total. The number of β-lactam (4-membered cyclic amide) rings is 1. The average molecular weight is 600 g/mol. The summed E-state index contributed by atoms with van der Waals surface area (Å²) in [5.74, 6) is -0.185. The molecule has 4 rings (SSSR count). The van der Waals surface area contributed by atoms with Gasteiger partial charge in [-0.1, -0.05) is 87.4 Å². The molecule has 3 aromatic rings. The number of carbonyl (C=O) groups is 3. The summed E-state index contributed by atoms with van der Waals surface area (Å²) >= 11 is 0. The van der Waals surface area contributed by atoms with Crippen LogP contribution in [0.5, 0.6) is 5.75 Å². The zero-order chi connectivity index (χ0) is 31.7. The van der Waals surface area contributed by atoms with Crippen molar-refractivity contribution in [1.82, 2.24) is 15.1 Å². The number of benzene rings is 3. The maximum atomic E-state index is 13.5. The molecule has 1 aliphatic heterocycles. The first kappa shape index (κ1) is 32.7. The van der Waals surface area contributed by atoms with Gasteiger partial charge in [0.25, 0.3) is 0 Å². The summed E-state index contributed by atoms with van der Waals surface area (Å²) in [4.78, 5) is 42.9. The molecule has 1 heterocycles. The van der Waals surface area contributed by atoms with Crippen molar-refractivity contribution in [1.29, 1.82) is 0 Å². The molecule has 44 heavy (non-hydrogen) atoms. The third-order valence-corrected chi connectivity index (χ3v) is 8.53. The van der Waals surface area contributed by atoms with Crippen LogP contribution in [-0.2, 0) is 16.1 Å². The van der Waals surface area contributed by atoms with Crippen molar-refractivity contribution >= 4 is 17.9 Å². The SMILES string of the molecule is CCCC(NC(=O)N1C(=O)C(CC)(CC)C1Oc1ccc(C(=O)OCCN(C)Cc2ccccc2)cc1)c1ccc(C)cc1. The quantitative estimate of drug-likeness (QED) is 0.160. The molecule has 8 nitrogen and oxygen atoms in total. The lowest BCUT2D eigenvalue weighted by Gasteiger charge is -2.53. The molecule has 0 aromatic heterocycles. The van der Waals surface area contributed by atoms with E-state index in [-0.39, 0.29) is 18.6 Å². The van der Waals surface area contributed by atoms with E-state index in [2.05, 4.69) is 29.3 Å². The number of ether oxygens (including phenoxy) is 2. The van der Waals surface area contributed by atoms with E-state index in [9.17, 15) is 14.4 Å². The molecular weight excluding hydrogens is 554 g/mol. The number of carbonyl (C=O) groups excluding carboxylic acids is 3. The van der Waals surface area contributed by atoms with Crippen molar-refractivity contribution in [2.75, 3.05) is 20.2 Å². The van der Waals surface area contributed by atoms with Gasteiger partial charge in [0.15, 0.2) is 6.23 Å². The molecule has 2 unspecified atom stereocenters. The standard InChI is InChI=1S/C36H45N3O5/c1-6-12-31(28-17-15-26(4)16-18-28)37-35(42)39-33(41)36(7-2,8-3)34(39)44-30-21-19-29(20-22-30)32(40)43-24-23-38(5)25-27-13-10-9-11-14-27/h9-11,13-22,31,34H,6-8,12,23-25H2,1-5H3,(H,37,42). The fourth-order valence-electron chi connectivity index (χ4n) is 5.68. The number of esters is 1. The summed E-state index contributed by atoms with van der Waals surface area (Å²) in [5.41, 5.74) is 2.94. The van der Waals surface area contributed by atoms with Crippen molar-refractivity contribution in [3.8, 4) is 5.75 Å². The number of nitrogens with zero attached hydrogens (tertiary/aromatic N) is 2. The van der Waals surface area contributed by atoms with E-state index in [1.165, 1.54) is 10.5 Å². The van der Waals surface area contributed by atoms with E-state index < -0.39 is 23.6 Å². The molecule has 8 heteroatoms. The minimum absolute atomic E-state index is 0.219. The number of hydrogen-bond acceptors (Lipinski definition) is 6. The maximum absolute atomic E-state index is 13.5. The molecular formula is C36H45N3O5. The lowest BCUT2D eigenvalue weighted by atomic mass is 9.72. The van der Waals surface area contributed by atoms with Gasteiger partial charge in [0.2, 0.25) is 5.91 Å². The van der Waals surface area contributed by atoms with E-state index in [1.807, 2.05) is 70.3 Å². The highest BCUT2D eigenvalue weighted by Crippen LogP contribution is 2.46. The van der Waals surface area contributed by atoms with Crippen LogP contribution in [0, 0.1) is 12.3 Å². The Morgan fingerprint density at radius 3 is 2.23 bits per heavy atom. The average Bonchev–Trinajstić information content (AvgIpc) is 3.02. The molecule has 2 atom stereocenters. The Hall–Kier alpha value is -4.17. The van der Waals surface area contributed by atoms with Crippen LogP contribution in [0.15, 0.2) is 78.9 Å². The molecule has 234 valence electrons. The molecule has 0 spiro atoms. The summed E-state index contributed by atoms with van der Waals surface area (Å²) in [5, 5.41) is 3.07. The van der Waals surface area contributed by atoms with Gasteiger partial charge in [-0.2, -0.15) is 0 Å². The monoisotopic (exact) mass is 599 g/mol. The molecule has 1 saturated heterocycles. The minimum Gasteiger partial charge on any atom is -0.469 e. The molecule has 1 fully saturated rings. The van der Waals surface area contributed by atoms with Crippen LogP contribution < -0.4 is 10.1 Å². The van der Waals surface area contributed by atoms with Crippen LogP contribution in [0.4, 0.5) is 4.79 Å². The first-order chi connectivity index (χ1) is 21.2. The van der Waals surface area contributed by atoms with Crippen LogP contribution in [0.2, 0.25) is 0 Å². The molecule has 3 aromatic carbocycles. The first-order valence-electron chi connectivity index (χ1n) is 15.6. The molecule has 0 aliphatic carbocycles. The summed E-state index contributed by atoms with van der Waals surface area (Å²) in [6, 6.07) is 24.2. The highest BCUT2D eigenvalue weighted by molar-refractivity contribution is 6.03. The van der Waals surface area contributed by atoms with E-state index in [1.54, 1.807) is 24.3 Å². The largest absolute Gasteiger partial charge is 0.469 e. The molecule has 3 amide bonds. The second-order valence-corrected chi connectivity index (χ2v) is 11.6. The number of amides is 3. The van der Waals surface area contributed by atoms with Crippen molar-refractivity contribution < 1.29 is 23.9 Å². The van der Waals surface area contributed by atoms with Gasteiger partial charge in [0.1, 0.15) is 17.8 Å². The topological polar surface area (TPSA) is 88.2 Å². The number of likely N-dealkylation sites (N-methyl/N-ethyl adjacent to an activating group) is 1. The Kier molecular flexibility index (Phi) is 11.2. The van der Waals surface area contributed by atoms with Gasteiger partial charge in [-0.15, -0.1) is 0 Å². The van der Waals surface area contributed by atoms with E-state index in [4.69, 9.17) is 9.47 Å². The minimum atomic E-state index is -0.801. The van der Waals surface area contributed by atoms with E-state index in [0.29, 0.717) is 30.7 Å². The van der Waals surface area contributed by atoms with Gasteiger partial charge in [-0.05, 0) is 68.6 Å². The molecule has 1 aliphatic rings. The number of urea groups is 1. The second-order valence-electron chi connectivity index (χ2n) is 11.6. The normalized spacial score (nSPS) is 16.3. The van der Waals surface area contributed by atoms with Crippen LogP contribution in [0.3, 0.4) is 0 Å². The number of nitrogens with one attached hydrogen (secondary N) is 1. The van der Waals surface area contributed by atoms with Crippen LogP contribution in [-0.4, -0.2) is 54.1 Å². The highest BCUT2D eigenvalue weighted by Gasteiger charge is 2.63. The fraction of sp³-hybridized carbons (Fsp3) is 0.417. The molecule has 0 saturated carbocycles. The fourth-order valence-corrected chi connectivity index (χ4v) is 5.68. The summed E-state index contributed by atoms with van der Waals surface area (Å²) < 4.78 is 11.8. The summed E-state index contributed by atoms with van der Waals surface area (Å²) in [7, 11) is 1.99. The lowest BCUT2D eigenvalue weighted by Crippen LogP contribution is -2.73.